The number of nitrogens with zero attached hydrogens (tertiary/aromatic N) is 4. The maximum atomic E-state index is 5.93. The Morgan fingerprint density at radius 1 is 1.33 bits per heavy atom. The van der Waals surface area contributed by atoms with Gasteiger partial charge in [0.15, 0.2) is 0 Å². The number of hydrogen-bond acceptors (Lipinski definition) is 5. The van der Waals surface area contributed by atoms with Crippen LogP contribution in [0.5, 0.6) is 0 Å². The van der Waals surface area contributed by atoms with E-state index in [1.165, 1.54) is 0 Å². The summed E-state index contributed by atoms with van der Waals surface area (Å²) in [6.45, 7) is 6.06. The van der Waals surface area contributed by atoms with Crippen molar-refractivity contribution >= 4 is 17.6 Å². The van der Waals surface area contributed by atoms with E-state index in [9.17, 15) is 0 Å². The molecule has 0 amide bonds. The number of rotatable bonds is 3. The van der Waals surface area contributed by atoms with Gasteiger partial charge in [-0.1, -0.05) is 25.6 Å². The van der Waals surface area contributed by atoms with E-state index in [1.54, 1.807) is 16.4 Å². The van der Waals surface area contributed by atoms with Crippen molar-refractivity contribution in [3.05, 3.63) is 23.8 Å². The van der Waals surface area contributed by atoms with Crippen LogP contribution in [0.4, 0.5) is 5.82 Å². The fraction of sp³-hybridized carbons (Fsp3) is 0.417. The monoisotopic (exact) mass is 263 g/mol. The van der Waals surface area contributed by atoms with Gasteiger partial charge in [0.05, 0.1) is 11.1 Å². The van der Waals surface area contributed by atoms with Crippen LogP contribution in [-0.4, -0.2) is 19.7 Å². The summed E-state index contributed by atoms with van der Waals surface area (Å²) in [6, 6.07) is 0. The molecular weight excluding hydrogens is 246 g/mol. The van der Waals surface area contributed by atoms with E-state index in [1.807, 2.05) is 26.4 Å². The molecule has 96 valence electrons. The van der Waals surface area contributed by atoms with E-state index in [0.717, 1.165) is 21.3 Å². The highest BCUT2D eigenvalue weighted by molar-refractivity contribution is 7.99. The first-order valence-electron chi connectivity index (χ1n) is 5.78. The third-order valence-electron chi connectivity index (χ3n) is 2.57. The maximum Gasteiger partial charge on any atom is 0.134 e. The van der Waals surface area contributed by atoms with Gasteiger partial charge in [-0.2, -0.15) is 5.10 Å². The molecule has 2 aromatic heterocycles. The Balaban J connectivity index is 2.37. The van der Waals surface area contributed by atoms with Gasteiger partial charge in [0.25, 0.3) is 0 Å². The van der Waals surface area contributed by atoms with E-state index < -0.39 is 0 Å². The van der Waals surface area contributed by atoms with Crippen LogP contribution in [0.3, 0.4) is 0 Å². The number of aryl methyl sites for hydroxylation is 1. The Morgan fingerprint density at radius 3 is 2.61 bits per heavy atom. The van der Waals surface area contributed by atoms with Crippen LogP contribution in [0.2, 0.25) is 0 Å². The summed E-state index contributed by atoms with van der Waals surface area (Å²) in [5, 5.41) is 5.05. The highest BCUT2D eigenvalue weighted by atomic mass is 32.2. The lowest BCUT2D eigenvalue weighted by Gasteiger charge is -2.10. The molecule has 2 N–H and O–H groups in total. The van der Waals surface area contributed by atoms with E-state index in [-0.39, 0.29) is 5.92 Å². The lowest BCUT2D eigenvalue weighted by Crippen LogP contribution is -2.05. The molecule has 0 spiro atoms. The van der Waals surface area contributed by atoms with E-state index in [0.29, 0.717) is 5.82 Å². The standard InChI is InChI=1S/C12H17N5S/c1-7(2)11-15-10(13)8(3)12(16-11)18-9-5-14-17(4)6-9/h5-7H,1-4H3,(H2,13,15,16). The second kappa shape index (κ2) is 4.97. The van der Waals surface area contributed by atoms with Gasteiger partial charge < -0.3 is 5.73 Å². The third-order valence-corrected chi connectivity index (χ3v) is 3.61. The molecular formula is C12H17N5S. The fourth-order valence-corrected chi connectivity index (χ4v) is 2.38. The zero-order valence-corrected chi connectivity index (χ0v) is 11.8. The Labute approximate surface area is 111 Å². The summed E-state index contributed by atoms with van der Waals surface area (Å²) >= 11 is 1.57. The Hall–Kier alpha value is -1.56. The minimum Gasteiger partial charge on any atom is -0.383 e. The predicted molar refractivity (Wildman–Crippen MR) is 72.6 cm³/mol. The fourth-order valence-electron chi connectivity index (χ4n) is 1.45. The molecule has 0 saturated heterocycles. The van der Waals surface area contributed by atoms with Crippen LogP contribution in [-0.2, 0) is 7.05 Å². The Morgan fingerprint density at radius 2 is 2.06 bits per heavy atom. The largest absolute Gasteiger partial charge is 0.383 e. The molecule has 0 aliphatic carbocycles. The van der Waals surface area contributed by atoms with E-state index in [2.05, 4.69) is 28.9 Å². The molecule has 0 aromatic carbocycles. The van der Waals surface area contributed by atoms with Crippen molar-refractivity contribution in [2.45, 2.75) is 36.6 Å². The molecule has 0 aliphatic heterocycles. The predicted octanol–water partition coefficient (Wildman–Crippen LogP) is 2.38. The van der Waals surface area contributed by atoms with Crippen molar-refractivity contribution < 1.29 is 0 Å². The average molecular weight is 263 g/mol. The first kappa shape index (κ1) is 12.9. The zero-order chi connectivity index (χ0) is 13.3. The van der Waals surface area contributed by atoms with Gasteiger partial charge >= 0.3 is 0 Å². The molecule has 6 heteroatoms. The molecule has 2 heterocycles. The van der Waals surface area contributed by atoms with Crippen molar-refractivity contribution in [3.63, 3.8) is 0 Å². The Kier molecular flexibility index (Phi) is 3.56. The van der Waals surface area contributed by atoms with Crippen molar-refractivity contribution in [1.82, 2.24) is 19.7 Å². The number of hydrogen-bond donors (Lipinski definition) is 1. The molecule has 0 aliphatic rings. The molecule has 2 aromatic rings. The topological polar surface area (TPSA) is 69.6 Å². The average Bonchev–Trinajstić information content (AvgIpc) is 2.70. The highest BCUT2D eigenvalue weighted by Gasteiger charge is 2.12. The van der Waals surface area contributed by atoms with Gasteiger partial charge in [0.2, 0.25) is 0 Å². The molecule has 0 unspecified atom stereocenters. The SMILES string of the molecule is Cc1c(N)nc(C(C)C)nc1Sc1cnn(C)c1. The van der Waals surface area contributed by atoms with Crippen LogP contribution in [0.15, 0.2) is 22.3 Å². The normalized spacial score (nSPS) is 11.2. The second-order valence-electron chi connectivity index (χ2n) is 4.50. The molecule has 18 heavy (non-hydrogen) atoms. The lowest BCUT2D eigenvalue weighted by molar-refractivity contribution is 0.751. The number of aromatic nitrogens is 4. The lowest BCUT2D eigenvalue weighted by atomic mass is 10.2. The molecule has 0 fully saturated rings. The zero-order valence-electron chi connectivity index (χ0n) is 11.0. The molecule has 0 radical (unpaired) electrons. The number of nitrogen functional groups attached to an aromatic ring is 1. The molecule has 2 rings (SSSR count). The van der Waals surface area contributed by atoms with Gasteiger partial charge in [-0.05, 0) is 6.92 Å². The summed E-state index contributed by atoms with van der Waals surface area (Å²) in [6.07, 6.45) is 3.77. The van der Waals surface area contributed by atoms with Gasteiger partial charge in [-0.3, -0.25) is 4.68 Å². The van der Waals surface area contributed by atoms with Crippen molar-refractivity contribution in [1.29, 1.82) is 0 Å². The van der Waals surface area contributed by atoms with Gasteiger partial charge in [-0.15, -0.1) is 0 Å². The van der Waals surface area contributed by atoms with Gasteiger partial charge in [0, 0.05) is 24.7 Å². The smallest absolute Gasteiger partial charge is 0.134 e. The Bertz CT molecular complexity index is 562. The van der Waals surface area contributed by atoms with Crippen molar-refractivity contribution in [2.24, 2.45) is 7.05 Å². The molecule has 5 nitrogen and oxygen atoms in total. The van der Waals surface area contributed by atoms with E-state index in [4.69, 9.17) is 5.73 Å². The van der Waals surface area contributed by atoms with Crippen LogP contribution < -0.4 is 5.73 Å². The quantitative estimate of drug-likeness (QED) is 0.861. The minimum atomic E-state index is 0.265. The first-order valence-corrected chi connectivity index (χ1v) is 6.59. The minimum absolute atomic E-state index is 0.265. The number of nitrogens with two attached hydrogens (primary N) is 1. The maximum absolute atomic E-state index is 5.93. The van der Waals surface area contributed by atoms with Gasteiger partial charge in [0.1, 0.15) is 16.7 Å². The second-order valence-corrected chi connectivity index (χ2v) is 5.57. The van der Waals surface area contributed by atoms with Crippen molar-refractivity contribution in [3.8, 4) is 0 Å². The highest BCUT2D eigenvalue weighted by Crippen LogP contribution is 2.31. The summed E-state index contributed by atoms with van der Waals surface area (Å²) in [7, 11) is 1.89. The summed E-state index contributed by atoms with van der Waals surface area (Å²) < 4.78 is 1.77. The van der Waals surface area contributed by atoms with Crippen LogP contribution in [0, 0.1) is 6.92 Å². The van der Waals surface area contributed by atoms with Crippen LogP contribution in [0.25, 0.3) is 0 Å². The first-order chi connectivity index (χ1) is 8.47. The van der Waals surface area contributed by atoms with Crippen molar-refractivity contribution in [2.75, 3.05) is 5.73 Å². The van der Waals surface area contributed by atoms with Crippen LogP contribution >= 0.6 is 11.8 Å². The van der Waals surface area contributed by atoms with Crippen LogP contribution in [0.1, 0.15) is 31.2 Å². The number of anilines is 1. The summed E-state index contributed by atoms with van der Waals surface area (Å²) in [5.41, 5.74) is 6.86. The molecule has 0 saturated carbocycles. The third kappa shape index (κ3) is 2.64. The molecule has 0 bridgehead atoms. The summed E-state index contributed by atoms with van der Waals surface area (Å²) in [5.74, 6) is 1.60. The summed E-state index contributed by atoms with van der Waals surface area (Å²) in [4.78, 5) is 9.93. The van der Waals surface area contributed by atoms with Gasteiger partial charge in [-0.25, -0.2) is 9.97 Å². The van der Waals surface area contributed by atoms with E-state index >= 15 is 0 Å². The molecule has 0 atom stereocenters.